The summed E-state index contributed by atoms with van der Waals surface area (Å²) in [5.41, 5.74) is 5.20. The summed E-state index contributed by atoms with van der Waals surface area (Å²) in [5, 5.41) is 2.84. The van der Waals surface area contributed by atoms with Gasteiger partial charge < -0.3 is 19.4 Å². The fourth-order valence-electron chi connectivity index (χ4n) is 4.81. The second-order valence-corrected chi connectivity index (χ2v) is 9.98. The highest BCUT2D eigenvalue weighted by atomic mass is 16.5. The number of fused-ring (bicyclic) bond motifs is 1. The number of hydrogen-bond donors (Lipinski definition) is 1. The molecule has 6 heteroatoms. The predicted molar refractivity (Wildman–Crippen MR) is 147 cm³/mol. The molecule has 1 aromatic heterocycles. The molecule has 2 heterocycles. The Hall–Kier alpha value is -4.32. The van der Waals surface area contributed by atoms with Crippen LogP contribution in [-0.4, -0.2) is 23.3 Å². The second kappa shape index (κ2) is 11.0. The topological polar surface area (TPSA) is 71.8 Å². The Balaban J connectivity index is 1.32. The third-order valence-corrected chi connectivity index (χ3v) is 6.81. The first-order valence-electron chi connectivity index (χ1n) is 13.0. The molecule has 5 rings (SSSR count). The summed E-state index contributed by atoms with van der Waals surface area (Å²) in [4.78, 5) is 27.7. The maximum atomic E-state index is 13.1. The van der Waals surface area contributed by atoms with Crippen molar-refractivity contribution in [3.05, 3.63) is 119 Å². The van der Waals surface area contributed by atoms with E-state index in [1.165, 1.54) is 5.56 Å². The maximum absolute atomic E-state index is 13.1. The molecule has 1 atom stereocenters. The van der Waals surface area contributed by atoms with Crippen molar-refractivity contribution in [1.82, 2.24) is 4.90 Å². The molecule has 0 radical (unpaired) electrons. The van der Waals surface area contributed by atoms with E-state index in [0.29, 0.717) is 23.7 Å². The summed E-state index contributed by atoms with van der Waals surface area (Å²) >= 11 is 0. The van der Waals surface area contributed by atoms with E-state index < -0.39 is 0 Å². The minimum absolute atomic E-state index is 0.0847. The zero-order valence-corrected chi connectivity index (χ0v) is 21.9. The molecule has 4 aromatic rings. The number of carbonyl (C=O) groups excluding carboxylic acids is 2. The van der Waals surface area contributed by atoms with Crippen LogP contribution >= 0.6 is 0 Å². The molecular weight excluding hydrogens is 476 g/mol. The fourth-order valence-corrected chi connectivity index (χ4v) is 4.81. The van der Waals surface area contributed by atoms with Gasteiger partial charge in [-0.05, 0) is 66.4 Å². The van der Waals surface area contributed by atoms with Gasteiger partial charge in [-0.1, -0.05) is 67.9 Å². The van der Waals surface area contributed by atoms with Crippen molar-refractivity contribution in [1.29, 1.82) is 0 Å². The summed E-state index contributed by atoms with van der Waals surface area (Å²) in [5.74, 6) is 1.20. The number of nitrogens with one attached hydrogen (secondary N) is 1. The van der Waals surface area contributed by atoms with E-state index in [1.807, 2.05) is 80.3 Å². The first-order valence-corrected chi connectivity index (χ1v) is 13.0. The molecule has 3 aromatic carbocycles. The first kappa shape index (κ1) is 25.3. The van der Waals surface area contributed by atoms with Gasteiger partial charge in [-0.3, -0.25) is 9.59 Å². The highest BCUT2D eigenvalue weighted by Gasteiger charge is 2.33. The van der Waals surface area contributed by atoms with E-state index in [0.717, 1.165) is 23.1 Å². The summed E-state index contributed by atoms with van der Waals surface area (Å²) in [6.45, 7) is 6.75. The van der Waals surface area contributed by atoms with Crippen LogP contribution in [0.4, 0.5) is 5.69 Å². The molecule has 1 unspecified atom stereocenters. The van der Waals surface area contributed by atoms with E-state index in [9.17, 15) is 9.59 Å². The third-order valence-electron chi connectivity index (χ3n) is 6.81. The van der Waals surface area contributed by atoms with Crippen LogP contribution < -0.4 is 10.1 Å². The van der Waals surface area contributed by atoms with Crippen molar-refractivity contribution < 1.29 is 18.7 Å². The number of furan rings is 1. The number of aryl methyl sites for hydroxylation is 1. The monoisotopic (exact) mass is 508 g/mol. The predicted octanol–water partition coefficient (Wildman–Crippen LogP) is 6.55. The van der Waals surface area contributed by atoms with Crippen molar-refractivity contribution in [3.8, 4) is 5.75 Å². The molecule has 1 aliphatic rings. The van der Waals surface area contributed by atoms with E-state index in [2.05, 4.69) is 23.5 Å². The van der Waals surface area contributed by atoms with Crippen LogP contribution in [0.1, 0.15) is 58.5 Å². The molecule has 38 heavy (non-hydrogen) atoms. The van der Waals surface area contributed by atoms with Gasteiger partial charge in [0, 0.05) is 18.2 Å². The maximum Gasteiger partial charge on any atom is 0.291 e. The molecule has 194 valence electrons. The van der Waals surface area contributed by atoms with Crippen molar-refractivity contribution in [2.24, 2.45) is 5.92 Å². The number of anilines is 1. The van der Waals surface area contributed by atoms with Crippen molar-refractivity contribution in [3.63, 3.8) is 0 Å². The molecule has 0 saturated carbocycles. The van der Waals surface area contributed by atoms with Crippen LogP contribution in [0.2, 0.25) is 0 Å². The molecule has 0 saturated heterocycles. The SMILES string of the molecule is Cc1ccc(NC(=O)c2ccc(COc3ccc4c(c3)C(c3ccccc3)N(C(=O)C(C)C)CC4)o2)cc1. The molecule has 1 N–H and O–H groups in total. The highest BCUT2D eigenvalue weighted by Crippen LogP contribution is 2.38. The largest absolute Gasteiger partial charge is 0.486 e. The van der Waals surface area contributed by atoms with Crippen LogP contribution in [0.15, 0.2) is 89.3 Å². The highest BCUT2D eigenvalue weighted by molar-refractivity contribution is 6.02. The third kappa shape index (κ3) is 5.49. The lowest BCUT2D eigenvalue weighted by Crippen LogP contribution is -2.42. The number of rotatable bonds is 7. The first-order chi connectivity index (χ1) is 18.4. The lowest BCUT2D eigenvalue weighted by atomic mass is 9.87. The minimum Gasteiger partial charge on any atom is -0.486 e. The Bertz CT molecular complexity index is 1420. The number of benzene rings is 3. The van der Waals surface area contributed by atoms with Crippen LogP contribution in [0.3, 0.4) is 0 Å². The summed E-state index contributed by atoms with van der Waals surface area (Å²) in [6.07, 6.45) is 0.801. The number of ether oxygens (including phenoxy) is 1. The standard InChI is InChI=1S/C32H32N2O4/c1-21(2)32(36)34-18-17-23-11-14-26(19-28(23)30(34)24-7-5-4-6-8-24)37-20-27-15-16-29(38-27)31(35)33-25-12-9-22(3)10-13-25/h4-16,19,21,30H,17-18,20H2,1-3H3,(H,33,35). The van der Waals surface area contributed by atoms with Gasteiger partial charge in [0.05, 0.1) is 6.04 Å². The van der Waals surface area contributed by atoms with E-state index >= 15 is 0 Å². The zero-order valence-electron chi connectivity index (χ0n) is 21.9. The molecule has 2 amide bonds. The van der Waals surface area contributed by atoms with Gasteiger partial charge in [-0.25, -0.2) is 0 Å². The molecule has 0 bridgehead atoms. The summed E-state index contributed by atoms with van der Waals surface area (Å²) in [6, 6.07) is 27.0. The molecule has 0 aliphatic carbocycles. The summed E-state index contributed by atoms with van der Waals surface area (Å²) in [7, 11) is 0. The lowest BCUT2D eigenvalue weighted by Gasteiger charge is -2.39. The molecule has 1 aliphatic heterocycles. The number of amides is 2. The van der Waals surface area contributed by atoms with Crippen molar-refractivity contribution in [2.45, 2.75) is 39.8 Å². The van der Waals surface area contributed by atoms with Crippen LogP contribution in [-0.2, 0) is 17.8 Å². The molecule has 6 nitrogen and oxygen atoms in total. The van der Waals surface area contributed by atoms with E-state index in [-0.39, 0.29) is 36.1 Å². The quantitative estimate of drug-likeness (QED) is 0.307. The van der Waals surface area contributed by atoms with Crippen molar-refractivity contribution >= 4 is 17.5 Å². The van der Waals surface area contributed by atoms with Crippen LogP contribution in [0.25, 0.3) is 0 Å². The van der Waals surface area contributed by atoms with E-state index in [1.54, 1.807) is 12.1 Å². The number of hydrogen-bond acceptors (Lipinski definition) is 4. The lowest BCUT2D eigenvalue weighted by molar-refractivity contribution is -0.136. The average Bonchev–Trinajstić information content (AvgIpc) is 3.42. The van der Waals surface area contributed by atoms with Gasteiger partial charge in [-0.2, -0.15) is 0 Å². The Kier molecular flexibility index (Phi) is 7.31. The summed E-state index contributed by atoms with van der Waals surface area (Å²) < 4.78 is 11.8. The molecule has 0 spiro atoms. The second-order valence-electron chi connectivity index (χ2n) is 9.98. The van der Waals surface area contributed by atoms with Gasteiger partial charge in [0.15, 0.2) is 5.76 Å². The Labute approximate surface area is 223 Å². The molecule has 0 fully saturated rings. The van der Waals surface area contributed by atoms with Crippen molar-refractivity contribution in [2.75, 3.05) is 11.9 Å². The number of carbonyl (C=O) groups is 2. The van der Waals surface area contributed by atoms with Crippen LogP contribution in [0, 0.1) is 12.8 Å². The van der Waals surface area contributed by atoms with Gasteiger partial charge in [0.2, 0.25) is 5.91 Å². The Morgan fingerprint density at radius 2 is 1.76 bits per heavy atom. The number of nitrogens with zero attached hydrogens (tertiary/aromatic N) is 1. The van der Waals surface area contributed by atoms with E-state index in [4.69, 9.17) is 9.15 Å². The molecular formula is C32H32N2O4. The van der Waals surface area contributed by atoms with Gasteiger partial charge in [0.1, 0.15) is 18.1 Å². The van der Waals surface area contributed by atoms with Gasteiger partial charge >= 0.3 is 0 Å². The Morgan fingerprint density at radius 1 is 1.00 bits per heavy atom. The smallest absolute Gasteiger partial charge is 0.291 e. The zero-order chi connectivity index (χ0) is 26.6. The Morgan fingerprint density at radius 3 is 2.50 bits per heavy atom. The van der Waals surface area contributed by atoms with Crippen LogP contribution in [0.5, 0.6) is 5.75 Å². The van der Waals surface area contributed by atoms with Gasteiger partial charge in [0.25, 0.3) is 5.91 Å². The van der Waals surface area contributed by atoms with Gasteiger partial charge in [-0.15, -0.1) is 0 Å². The average molecular weight is 509 g/mol. The minimum atomic E-state index is -0.311. The fraction of sp³-hybridized carbons (Fsp3) is 0.250. The normalized spacial score (nSPS) is 14.7.